The van der Waals surface area contributed by atoms with Gasteiger partial charge in [-0.25, -0.2) is 0 Å². The molecule has 2 fully saturated rings. The second-order valence-electron chi connectivity index (χ2n) is 8.64. The number of allylic oxidation sites excluding steroid dienone is 5. The number of aliphatic hydroxyl groups excluding tert-OH is 1. The van der Waals surface area contributed by atoms with E-state index < -0.39 is 0 Å². The van der Waals surface area contributed by atoms with Gasteiger partial charge in [0.25, 0.3) is 0 Å². The highest BCUT2D eigenvalue weighted by Crippen LogP contribution is 2.64. The van der Waals surface area contributed by atoms with Crippen molar-refractivity contribution in [1.82, 2.24) is 0 Å². The van der Waals surface area contributed by atoms with Crippen molar-refractivity contribution in [2.45, 2.75) is 64.9 Å². The van der Waals surface area contributed by atoms with Crippen LogP contribution in [-0.2, 0) is 0 Å². The van der Waals surface area contributed by atoms with E-state index in [1.54, 1.807) is 5.57 Å². The molecule has 120 valence electrons. The van der Waals surface area contributed by atoms with Gasteiger partial charge in [0, 0.05) is 5.41 Å². The van der Waals surface area contributed by atoms with E-state index in [0.29, 0.717) is 5.92 Å². The zero-order chi connectivity index (χ0) is 15.5. The number of rotatable bonds is 1. The van der Waals surface area contributed by atoms with E-state index >= 15 is 0 Å². The Morgan fingerprint density at radius 2 is 2.05 bits per heavy atom. The fourth-order valence-electron chi connectivity index (χ4n) is 6.53. The molecule has 22 heavy (non-hydrogen) atoms. The molecule has 2 saturated carbocycles. The Balaban J connectivity index is 1.75. The third-order valence-electron chi connectivity index (χ3n) is 7.90. The molecule has 4 aliphatic carbocycles. The highest BCUT2D eigenvalue weighted by atomic mass is 16.3. The van der Waals surface area contributed by atoms with Gasteiger partial charge >= 0.3 is 0 Å². The molecule has 0 heterocycles. The van der Waals surface area contributed by atoms with Crippen LogP contribution in [-0.4, -0.2) is 11.2 Å². The maximum absolute atomic E-state index is 10.5. The molecule has 4 rings (SSSR count). The van der Waals surface area contributed by atoms with Crippen molar-refractivity contribution in [3.05, 3.63) is 36.0 Å². The molecule has 0 spiro atoms. The number of fused-ring (bicyclic) bond motifs is 5. The third-order valence-corrected chi connectivity index (χ3v) is 7.90. The van der Waals surface area contributed by atoms with Crippen LogP contribution in [0.3, 0.4) is 0 Å². The first-order valence-corrected chi connectivity index (χ1v) is 9.21. The van der Waals surface area contributed by atoms with Gasteiger partial charge < -0.3 is 5.11 Å². The fourth-order valence-corrected chi connectivity index (χ4v) is 6.53. The molecule has 0 saturated heterocycles. The normalized spacial score (nSPS) is 50.3. The quantitative estimate of drug-likeness (QED) is 0.673. The summed E-state index contributed by atoms with van der Waals surface area (Å²) in [6.45, 7) is 8.90. The average molecular weight is 298 g/mol. The van der Waals surface area contributed by atoms with Crippen LogP contribution < -0.4 is 0 Å². The van der Waals surface area contributed by atoms with Crippen molar-refractivity contribution in [3.63, 3.8) is 0 Å². The van der Waals surface area contributed by atoms with Gasteiger partial charge in [-0.05, 0) is 80.6 Å². The molecule has 1 nitrogen and oxygen atoms in total. The van der Waals surface area contributed by atoms with Crippen molar-refractivity contribution in [1.29, 1.82) is 0 Å². The van der Waals surface area contributed by atoms with Gasteiger partial charge in [0.1, 0.15) is 0 Å². The minimum atomic E-state index is -0.0722. The molecule has 0 aliphatic heterocycles. The minimum Gasteiger partial charge on any atom is -0.393 e. The van der Waals surface area contributed by atoms with E-state index in [2.05, 4.69) is 38.7 Å². The smallest absolute Gasteiger partial charge is 0.0596 e. The summed E-state index contributed by atoms with van der Waals surface area (Å²) in [4.78, 5) is 0. The molecule has 0 radical (unpaired) electrons. The predicted octanol–water partition coefficient (Wildman–Crippen LogP) is 5.03. The molecule has 0 unspecified atom stereocenters. The zero-order valence-corrected chi connectivity index (χ0v) is 14.1. The summed E-state index contributed by atoms with van der Waals surface area (Å²) in [5.74, 6) is 2.21. The first-order valence-electron chi connectivity index (χ1n) is 9.21. The lowest BCUT2D eigenvalue weighted by Gasteiger charge is -2.56. The van der Waals surface area contributed by atoms with Crippen LogP contribution in [0.25, 0.3) is 0 Å². The van der Waals surface area contributed by atoms with Gasteiger partial charge in [0.05, 0.1) is 6.10 Å². The summed E-state index contributed by atoms with van der Waals surface area (Å²) >= 11 is 0. The average Bonchev–Trinajstić information content (AvgIpc) is 2.82. The molecule has 1 N–H and O–H groups in total. The van der Waals surface area contributed by atoms with E-state index in [4.69, 9.17) is 0 Å². The van der Waals surface area contributed by atoms with Crippen LogP contribution in [0.5, 0.6) is 0 Å². The lowest BCUT2D eigenvalue weighted by molar-refractivity contribution is -0.0569. The van der Waals surface area contributed by atoms with Crippen LogP contribution in [0.2, 0.25) is 0 Å². The van der Waals surface area contributed by atoms with Crippen LogP contribution in [0.1, 0.15) is 58.8 Å². The Labute approximate surface area is 135 Å². The first kappa shape index (κ1) is 14.8. The van der Waals surface area contributed by atoms with E-state index in [0.717, 1.165) is 18.3 Å². The monoisotopic (exact) mass is 298 g/mol. The van der Waals surface area contributed by atoms with Crippen molar-refractivity contribution in [2.75, 3.05) is 0 Å². The largest absolute Gasteiger partial charge is 0.393 e. The van der Waals surface area contributed by atoms with E-state index in [1.165, 1.54) is 44.1 Å². The summed E-state index contributed by atoms with van der Waals surface area (Å²) < 4.78 is 0. The SMILES string of the molecule is C=C[C@]12CCC(C)=CC1=CC[C@H]1[C@@H]3CC[C@H](O)[C@@]3(C)CC[C@@H]12. The van der Waals surface area contributed by atoms with E-state index in [9.17, 15) is 5.11 Å². The van der Waals surface area contributed by atoms with Gasteiger partial charge in [0.15, 0.2) is 0 Å². The Morgan fingerprint density at radius 3 is 2.82 bits per heavy atom. The molecular formula is C21H30O. The van der Waals surface area contributed by atoms with Crippen molar-refractivity contribution in [3.8, 4) is 0 Å². The van der Waals surface area contributed by atoms with Crippen LogP contribution in [0.4, 0.5) is 0 Å². The lowest BCUT2D eigenvalue weighted by atomic mass is 9.48. The van der Waals surface area contributed by atoms with Crippen LogP contribution in [0, 0.1) is 28.6 Å². The second kappa shape index (κ2) is 4.84. The Bertz CT molecular complexity index is 556. The molecule has 0 aromatic carbocycles. The Kier molecular flexibility index (Phi) is 3.24. The van der Waals surface area contributed by atoms with Crippen molar-refractivity contribution < 1.29 is 5.11 Å². The highest BCUT2D eigenvalue weighted by Gasteiger charge is 2.58. The van der Waals surface area contributed by atoms with Gasteiger partial charge in [0.2, 0.25) is 0 Å². The second-order valence-corrected chi connectivity index (χ2v) is 8.64. The summed E-state index contributed by atoms with van der Waals surface area (Å²) in [5, 5.41) is 10.5. The summed E-state index contributed by atoms with van der Waals surface area (Å²) in [6, 6.07) is 0. The molecule has 6 atom stereocenters. The number of hydrogen-bond acceptors (Lipinski definition) is 1. The van der Waals surface area contributed by atoms with Gasteiger partial charge in [-0.15, -0.1) is 6.58 Å². The molecular weight excluding hydrogens is 268 g/mol. The standard InChI is InChI=1S/C21H30O/c1-4-21-12-9-14(2)13-15(21)5-6-16-17-7-8-19(22)20(17,3)11-10-18(16)21/h4-5,13,16-19,22H,1,6-12H2,2-3H3/t16-,17-,18-,19-,20-,21-/m0/s1. The summed E-state index contributed by atoms with van der Waals surface area (Å²) in [7, 11) is 0. The highest BCUT2D eigenvalue weighted by molar-refractivity contribution is 5.40. The van der Waals surface area contributed by atoms with Gasteiger partial charge in [-0.3, -0.25) is 0 Å². The summed E-state index contributed by atoms with van der Waals surface area (Å²) in [5.41, 5.74) is 3.47. The number of aliphatic hydroxyl groups is 1. The van der Waals surface area contributed by atoms with E-state index in [-0.39, 0.29) is 16.9 Å². The lowest BCUT2D eigenvalue weighted by Crippen LogP contribution is -2.50. The maximum atomic E-state index is 10.5. The molecule has 1 heteroatoms. The Morgan fingerprint density at radius 1 is 1.23 bits per heavy atom. The van der Waals surface area contributed by atoms with Gasteiger partial charge in [-0.1, -0.05) is 30.7 Å². The van der Waals surface area contributed by atoms with Crippen molar-refractivity contribution in [2.24, 2.45) is 28.6 Å². The molecule has 0 bridgehead atoms. The Hall–Kier alpha value is -0.820. The predicted molar refractivity (Wildman–Crippen MR) is 91.4 cm³/mol. The van der Waals surface area contributed by atoms with Crippen LogP contribution >= 0.6 is 0 Å². The third kappa shape index (κ3) is 1.75. The van der Waals surface area contributed by atoms with Gasteiger partial charge in [-0.2, -0.15) is 0 Å². The molecule has 4 aliphatic rings. The molecule has 0 aromatic rings. The van der Waals surface area contributed by atoms with Crippen LogP contribution in [0.15, 0.2) is 36.0 Å². The van der Waals surface area contributed by atoms with E-state index in [1.807, 2.05) is 0 Å². The first-order chi connectivity index (χ1) is 10.5. The molecule has 0 amide bonds. The fraction of sp³-hybridized carbons (Fsp3) is 0.714. The maximum Gasteiger partial charge on any atom is 0.0596 e. The summed E-state index contributed by atoms with van der Waals surface area (Å²) in [6.07, 6.45) is 15.6. The molecule has 0 aromatic heterocycles. The topological polar surface area (TPSA) is 20.2 Å². The zero-order valence-electron chi connectivity index (χ0n) is 14.1. The van der Waals surface area contributed by atoms with Crippen molar-refractivity contribution >= 4 is 0 Å². The number of hydrogen-bond donors (Lipinski definition) is 1. The minimum absolute atomic E-state index is 0.0722.